The van der Waals surface area contributed by atoms with E-state index in [4.69, 9.17) is 39.5 Å². The van der Waals surface area contributed by atoms with Crippen molar-refractivity contribution in [2.45, 2.75) is 30.4 Å². The minimum Gasteiger partial charge on any atom is -0.444 e. The van der Waals surface area contributed by atoms with Crippen molar-refractivity contribution in [1.82, 2.24) is 4.31 Å². The Balaban J connectivity index is 1.54. The first-order chi connectivity index (χ1) is 13.8. The number of sulfonamides is 1. The van der Waals surface area contributed by atoms with Crippen molar-refractivity contribution in [3.63, 3.8) is 0 Å². The number of nitrogens with zero attached hydrogens (tertiary/aromatic N) is 2. The third-order valence-electron chi connectivity index (χ3n) is 5.19. The zero-order valence-electron chi connectivity index (χ0n) is 15.2. The Bertz CT molecular complexity index is 1070. The highest BCUT2D eigenvalue weighted by atomic mass is 35.5. The standard InChI is InChI=1S/C19H18Cl3N2O4S/c20-14-9-16(22)18(10-15(14)21)29(26,27)23-7-5-13(6-8-23)24-17-4-2-1-3-12(17)11-28-19(24)25/h1-4,9-10,13,21H,5-8,11H2/q+1. The van der Waals surface area contributed by atoms with Crippen molar-refractivity contribution in [1.29, 1.82) is 0 Å². The van der Waals surface area contributed by atoms with Gasteiger partial charge in [0.2, 0.25) is 15.0 Å². The quantitative estimate of drug-likeness (QED) is 0.628. The van der Waals surface area contributed by atoms with E-state index in [1.165, 1.54) is 16.4 Å². The van der Waals surface area contributed by atoms with Gasteiger partial charge in [0.25, 0.3) is 0 Å². The van der Waals surface area contributed by atoms with Crippen LogP contribution >= 0.6 is 23.2 Å². The Morgan fingerprint density at radius 3 is 2.48 bits per heavy atom. The van der Waals surface area contributed by atoms with Gasteiger partial charge in [-0.3, -0.25) is 4.90 Å². The number of hydrogen-bond donors (Lipinski definition) is 0. The molecule has 0 unspecified atom stereocenters. The number of halogens is 3. The number of rotatable bonds is 3. The molecule has 154 valence electrons. The van der Waals surface area contributed by atoms with E-state index in [0.717, 1.165) is 11.3 Å². The fourth-order valence-corrected chi connectivity index (χ4v) is 6.18. The predicted molar refractivity (Wildman–Crippen MR) is 108 cm³/mol. The van der Waals surface area contributed by atoms with E-state index in [-0.39, 0.29) is 45.7 Å². The van der Waals surface area contributed by atoms with Crippen LogP contribution in [0, 0.1) is 11.6 Å². The van der Waals surface area contributed by atoms with Crippen LogP contribution < -0.4 is 4.90 Å². The molecule has 1 saturated heterocycles. The Morgan fingerprint density at radius 1 is 1.07 bits per heavy atom. The fraction of sp³-hybridized carbons (Fsp3) is 0.316. The van der Waals surface area contributed by atoms with Crippen LogP contribution in [-0.2, 0) is 21.4 Å². The molecule has 0 aromatic heterocycles. The van der Waals surface area contributed by atoms with Gasteiger partial charge in [-0.1, -0.05) is 41.4 Å². The van der Waals surface area contributed by atoms with E-state index in [1.54, 1.807) is 4.90 Å². The molecule has 10 heteroatoms. The lowest BCUT2D eigenvalue weighted by atomic mass is 10.0. The van der Waals surface area contributed by atoms with Gasteiger partial charge >= 0.3 is 6.09 Å². The van der Waals surface area contributed by atoms with Crippen LogP contribution in [0.1, 0.15) is 18.4 Å². The molecule has 29 heavy (non-hydrogen) atoms. The SMILES string of the molecule is O=C1OCc2ccccc2N1C1CCN(S(=O)(=O)c2cc([ClH+])c(Cl)cc2Cl)CC1. The lowest BCUT2D eigenvalue weighted by Crippen LogP contribution is -2.50. The van der Waals surface area contributed by atoms with Crippen LogP contribution in [-0.4, -0.2) is 37.9 Å². The molecule has 0 bridgehead atoms. The number of piperidine rings is 1. The highest BCUT2D eigenvalue weighted by Crippen LogP contribution is 2.35. The zero-order chi connectivity index (χ0) is 20.8. The second-order valence-electron chi connectivity index (χ2n) is 6.90. The Kier molecular flexibility index (Phi) is 5.70. The van der Waals surface area contributed by atoms with E-state index in [1.807, 2.05) is 24.3 Å². The smallest absolute Gasteiger partial charge is 0.414 e. The summed E-state index contributed by atoms with van der Waals surface area (Å²) in [4.78, 5) is 14.0. The summed E-state index contributed by atoms with van der Waals surface area (Å²) in [6.45, 7) is 0.756. The van der Waals surface area contributed by atoms with Crippen molar-refractivity contribution in [3.8, 4) is 0 Å². The molecule has 0 N–H and O–H groups in total. The summed E-state index contributed by atoms with van der Waals surface area (Å²) >= 11 is 17.2. The fourth-order valence-electron chi connectivity index (χ4n) is 3.71. The first kappa shape index (κ1) is 20.8. The van der Waals surface area contributed by atoms with Crippen LogP contribution in [0.25, 0.3) is 0 Å². The molecule has 2 heterocycles. The topological polar surface area (TPSA) is 66.9 Å². The average Bonchev–Trinajstić information content (AvgIpc) is 2.70. The maximum absolute atomic E-state index is 13.1. The minimum atomic E-state index is -3.82. The number of carbonyl (C=O) groups is 1. The summed E-state index contributed by atoms with van der Waals surface area (Å²) in [6.07, 6.45) is 0.560. The Morgan fingerprint density at radius 2 is 1.76 bits per heavy atom. The van der Waals surface area contributed by atoms with Crippen molar-refractivity contribution in [3.05, 3.63) is 57.0 Å². The molecule has 1 fully saturated rings. The molecule has 4 rings (SSSR count). The van der Waals surface area contributed by atoms with Crippen LogP contribution in [0.2, 0.25) is 15.1 Å². The maximum atomic E-state index is 13.1. The van der Waals surface area contributed by atoms with E-state index in [0.29, 0.717) is 12.8 Å². The number of fused-ring (bicyclic) bond motifs is 1. The lowest BCUT2D eigenvalue weighted by Gasteiger charge is -2.39. The van der Waals surface area contributed by atoms with Gasteiger partial charge in [-0.2, -0.15) is 4.31 Å². The molecule has 0 atom stereocenters. The van der Waals surface area contributed by atoms with E-state index < -0.39 is 16.1 Å². The number of carbonyl (C=O) groups excluding carboxylic acids is 1. The third-order valence-corrected chi connectivity index (χ3v) is 8.32. The average molecular weight is 477 g/mol. The van der Waals surface area contributed by atoms with Crippen LogP contribution in [0.3, 0.4) is 0 Å². The predicted octanol–water partition coefficient (Wildman–Crippen LogP) is 4.00. The summed E-state index contributed by atoms with van der Waals surface area (Å²) in [6, 6.07) is 10.1. The number of amides is 1. The minimum absolute atomic E-state index is 0.0410. The molecule has 0 saturated carbocycles. The highest BCUT2D eigenvalue weighted by molar-refractivity contribution is 7.89. The summed E-state index contributed by atoms with van der Waals surface area (Å²) < 4.78 is 32.8. The van der Waals surface area contributed by atoms with E-state index >= 15 is 0 Å². The van der Waals surface area contributed by atoms with Gasteiger partial charge in [0.1, 0.15) is 16.5 Å². The van der Waals surface area contributed by atoms with Crippen LogP contribution in [0.15, 0.2) is 41.3 Å². The normalized spacial score (nSPS) is 18.4. The van der Waals surface area contributed by atoms with Gasteiger partial charge in [0, 0.05) is 30.8 Å². The summed E-state index contributed by atoms with van der Waals surface area (Å²) in [5.74, 6) is 0. The van der Waals surface area contributed by atoms with Crippen molar-refractivity contribution >= 4 is 45.0 Å². The summed E-state index contributed by atoms with van der Waals surface area (Å²) in [5.41, 5.74) is 1.76. The van der Waals surface area contributed by atoms with Crippen molar-refractivity contribution in [2.24, 2.45) is 0 Å². The molecule has 0 radical (unpaired) electrons. The number of ether oxygens (including phenoxy) is 1. The Hall–Kier alpha value is -1.51. The number of hydrogen-bond acceptors (Lipinski definition) is 4. The molecule has 1 amide bonds. The van der Waals surface area contributed by atoms with Crippen LogP contribution in [0.4, 0.5) is 10.5 Å². The molecular weight excluding hydrogens is 459 g/mol. The first-order valence-electron chi connectivity index (χ1n) is 8.99. The van der Waals surface area contributed by atoms with Gasteiger partial charge < -0.3 is 4.74 Å². The molecule has 2 aromatic rings. The summed E-state index contributed by atoms with van der Waals surface area (Å²) in [5, 5.41) is 0.515. The van der Waals surface area contributed by atoms with E-state index in [9.17, 15) is 13.2 Å². The number of para-hydroxylation sites is 1. The second-order valence-corrected chi connectivity index (χ2v) is 10.1. The molecule has 6 nitrogen and oxygen atoms in total. The maximum Gasteiger partial charge on any atom is 0.414 e. The zero-order valence-corrected chi connectivity index (χ0v) is 18.3. The lowest BCUT2D eigenvalue weighted by molar-refractivity contribution is -0.289. The molecule has 2 aromatic carbocycles. The van der Waals surface area contributed by atoms with Gasteiger partial charge in [0.15, 0.2) is 11.6 Å². The first-order valence-corrected chi connectivity index (χ1v) is 11.6. The van der Waals surface area contributed by atoms with Crippen LogP contribution in [0.5, 0.6) is 0 Å². The molecule has 0 aliphatic carbocycles. The monoisotopic (exact) mass is 475 g/mol. The van der Waals surface area contributed by atoms with Crippen molar-refractivity contribution in [2.75, 3.05) is 18.0 Å². The number of benzene rings is 2. The number of anilines is 1. The molecule has 2 aliphatic rings. The van der Waals surface area contributed by atoms with Crippen molar-refractivity contribution < 1.29 is 29.6 Å². The molecule has 2 aliphatic heterocycles. The summed E-state index contributed by atoms with van der Waals surface area (Å²) in [7, 11) is -3.82. The van der Waals surface area contributed by atoms with Gasteiger partial charge in [-0.25, -0.2) is 13.2 Å². The second kappa shape index (κ2) is 7.96. The number of cyclic esters (lactones) is 1. The van der Waals surface area contributed by atoms with Gasteiger partial charge in [0.05, 0.1) is 10.7 Å². The van der Waals surface area contributed by atoms with E-state index in [2.05, 4.69) is 0 Å². The van der Waals surface area contributed by atoms with Gasteiger partial charge in [-0.05, 0) is 25.0 Å². The third kappa shape index (κ3) is 3.82. The highest BCUT2D eigenvalue weighted by Gasteiger charge is 2.37. The molecule has 0 spiro atoms. The largest absolute Gasteiger partial charge is 0.444 e. The van der Waals surface area contributed by atoms with Gasteiger partial charge in [-0.15, -0.1) is 0 Å². The Labute approximate surface area is 183 Å². The molecular formula is C19H18Cl3N2O4S+.